The molecule has 0 spiro atoms. The smallest absolute Gasteiger partial charge is 0.274 e. The van der Waals surface area contributed by atoms with E-state index in [9.17, 15) is 8.42 Å². The Bertz CT molecular complexity index is 417. The zero-order chi connectivity index (χ0) is 11.3. The van der Waals surface area contributed by atoms with Crippen molar-refractivity contribution in [3.8, 4) is 5.75 Å². The van der Waals surface area contributed by atoms with Crippen LogP contribution in [0.2, 0.25) is 0 Å². The normalized spacial score (nSPS) is 11.3. The lowest BCUT2D eigenvalue weighted by Gasteiger charge is -2.06. The fraction of sp³-hybridized carbons (Fsp3) is 0.333. The molecule has 15 heavy (non-hydrogen) atoms. The first-order valence-electron chi connectivity index (χ1n) is 4.50. The second kappa shape index (κ2) is 5.11. The van der Waals surface area contributed by atoms with E-state index in [1.54, 1.807) is 18.2 Å². The molecule has 1 rings (SSSR count). The lowest BCUT2D eigenvalue weighted by Crippen LogP contribution is -2.30. The molecule has 0 fully saturated rings. The lowest BCUT2D eigenvalue weighted by atomic mass is 10.2. The van der Waals surface area contributed by atoms with Crippen LogP contribution in [0.5, 0.6) is 5.75 Å². The predicted octanol–water partition coefficient (Wildman–Crippen LogP) is 0.378. The Kier molecular flexibility index (Phi) is 4.07. The molecule has 0 atom stereocenters. The van der Waals surface area contributed by atoms with E-state index < -0.39 is 10.2 Å². The summed E-state index contributed by atoms with van der Waals surface area (Å²) in [6.45, 7) is 2.63. The minimum Gasteiger partial charge on any atom is -0.494 e. The molecule has 0 saturated carbocycles. The maximum atomic E-state index is 10.7. The summed E-state index contributed by atoms with van der Waals surface area (Å²) < 4.78 is 28.8. The lowest BCUT2D eigenvalue weighted by molar-refractivity contribution is 0.340. The first kappa shape index (κ1) is 12.0. The van der Waals surface area contributed by atoms with Crippen molar-refractivity contribution in [2.24, 2.45) is 5.14 Å². The van der Waals surface area contributed by atoms with Crippen LogP contribution in [0.25, 0.3) is 0 Å². The largest absolute Gasteiger partial charge is 0.494 e. The molecule has 5 nitrogen and oxygen atoms in total. The zero-order valence-electron chi connectivity index (χ0n) is 8.43. The maximum Gasteiger partial charge on any atom is 0.274 e. The highest BCUT2D eigenvalue weighted by atomic mass is 32.2. The van der Waals surface area contributed by atoms with Crippen LogP contribution < -0.4 is 14.6 Å². The van der Waals surface area contributed by atoms with Gasteiger partial charge < -0.3 is 4.74 Å². The molecular weight excluding hydrogens is 216 g/mol. The van der Waals surface area contributed by atoms with Crippen LogP contribution in [-0.4, -0.2) is 15.0 Å². The summed E-state index contributed by atoms with van der Waals surface area (Å²) in [6.07, 6.45) is 0. The number of hydrogen-bond donors (Lipinski definition) is 2. The Morgan fingerprint density at radius 1 is 1.47 bits per heavy atom. The van der Waals surface area contributed by atoms with Gasteiger partial charge in [-0.1, -0.05) is 12.1 Å². The van der Waals surface area contributed by atoms with Crippen LogP contribution in [0.4, 0.5) is 0 Å². The van der Waals surface area contributed by atoms with Gasteiger partial charge in [-0.25, -0.2) is 5.14 Å². The van der Waals surface area contributed by atoms with Gasteiger partial charge in [-0.2, -0.15) is 13.1 Å². The highest BCUT2D eigenvalue weighted by molar-refractivity contribution is 7.87. The minimum atomic E-state index is -3.64. The number of hydrogen-bond acceptors (Lipinski definition) is 3. The SMILES string of the molecule is CCOc1cccc(CNS(N)(=O)=O)c1. The van der Waals surface area contributed by atoms with Crippen LogP contribution in [-0.2, 0) is 16.8 Å². The molecule has 0 heterocycles. The third-order valence-electron chi connectivity index (χ3n) is 1.69. The molecule has 3 N–H and O–H groups in total. The van der Waals surface area contributed by atoms with Crippen LogP contribution in [0, 0.1) is 0 Å². The molecule has 0 aliphatic carbocycles. The third kappa shape index (κ3) is 4.78. The Balaban J connectivity index is 2.65. The second-order valence-electron chi connectivity index (χ2n) is 2.95. The van der Waals surface area contributed by atoms with E-state index in [0.29, 0.717) is 12.4 Å². The van der Waals surface area contributed by atoms with E-state index in [2.05, 4.69) is 4.72 Å². The molecule has 0 bridgehead atoms. The number of rotatable bonds is 5. The number of nitrogens with one attached hydrogen (secondary N) is 1. The molecule has 0 aliphatic heterocycles. The summed E-state index contributed by atoms with van der Waals surface area (Å²) in [5, 5.41) is 4.81. The van der Waals surface area contributed by atoms with E-state index in [4.69, 9.17) is 9.88 Å². The molecule has 6 heteroatoms. The van der Waals surface area contributed by atoms with Gasteiger partial charge in [-0.15, -0.1) is 0 Å². The highest BCUT2D eigenvalue weighted by Gasteiger charge is 2.02. The quantitative estimate of drug-likeness (QED) is 0.767. The monoisotopic (exact) mass is 230 g/mol. The van der Waals surface area contributed by atoms with Crippen molar-refractivity contribution in [3.05, 3.63) is 29.8 Å². The van der Waals surface area contributed by atoms with E-state index in [-0.39, 0.29) is 6.54 Å². The number of ether oxygens (including phenoxy) is 1. The van der Waals surface area contributed by atoms with Crippen molar-refractivity contribution in [1.29, 1.82) is 0 Å². The van der Waals surface area contributed by atoms with Crippen molar-refractivity contribution >= 4 is 10.2 Å². The number of nitrogens with two attached hydrogens (primary N) is 1. The number of benzene rings is 1. The van der Waals surface area contributed by atoms with Gasteiger partial charge in [-0.3, -0.25) is 0 Å². The summed E-state index contributed by atoms with van der Waals surface area (Å²) >= 11 is 0. The first-order valence-corrected chi connectivity index (χ1v) is 6.05. The van der Waals surface area contributed by atoms with Gasteiger partial charge in [0.05, 0.1) is 6.61 Å². The van der Waals surface area contributed by atoms with Gasteiger partial charge in [0.15, 0.2) is 0 Å². The average Bonchev–Trinajstić information content (AvgIpc) is 2.15. The molecule has 84 valence electrons. The van der Waals surface area contributed by atoms with Gasteiger partial charge in [0.2, 0.25) is 0 Å². The van der Waals surface area contributed by atoms with Gasteiger partial charge in [0, 0.05) is 6.54 Å². The molecule has 0 saturated heterocycles. The Morgan fingerprint density at radius 3 is 2.80 bits per heavy atom. The van der Waals surface area contributed by atoms with E-state index in [1.807, 2.05) is 13.0 Å². The molecule has 0 radical (unpaired) electrons. The van der Waals surface area contributed by atoms with Gasteiger partial charge in [0.25, 0.3) is 10.2 Å². The van der Waals surface area contributed by atoms with Crippen LogP contribution >= 0.6 is 0 Å². The van der Waals surface area contributed by atoms with Gasteiger partial charge in [0.1, 0.15) is 5.75 Å². The first-order chi connectivity index (χ1) is 7.01. The molecule has 0 aromatic heterocycles. The van der Waals surface area contributed by atoms with E-state index in [1.165, 1.54) is 0 Å². The standard InChI is InChI=1S/C9H14N2O3S/c1-2-14-9-5-3-4-8(6-9)7-11-15(10,12)13/h3-6,11H,2,7H2,1H3,(H2,10,12,13). The topological polar surface area (TPSA) is 81.4 Å². The second-order valence-corrected chi connectivity index (χ2v) is 4.33. The van der Waals surface area contributed by atoms with Crippen molar-refractivity contribution in [2.45, 2.75) is 13.5 Å². The maximum absolute atomic E-state index is 10.7. The van der Waals surface area contributed by atoms with Gasteiger partial charge >= 0.3 is 0 Å². The van der Waals surface area contributed by atoms with Crippen LogP contribution in [0.15, 0.2) is 24.3 Å². The van der Waals surface area contributed by atoms with Gasteiger partial charge in [-0.05, 0) is 24.6 Å². The summed E-state index contributed by atoms with van der Waals surface area (Å²) in [4.78, 5) is 0. The third-order valence-corrected chi connectivity index (χ3v) is 2.23. The van der Waals surface area contributed by atoms with Crippen molar-refractivity contribution < 1.29 is 13.2 Å². The Morgan fingerprint density at radius 2 is 2.20 bits per heavy atom. The van der Waals surface area contributed by atoms with Crippen LogP contribution in [0.1, 0.15) is 12.5 Å². The molecule has 0 unspecified atom stereocenters. The highest BCUT2D eigenvalue weighted by Crippen LogP contribution is 2.12. The van der Waals surface area contributed by atoms with E-state index >= 15 is 0 Å². The summed E-state index contributed by atoms with van der Waals surface area (Å²) in [7, 11) is -3.64. The summed E-state index contributed by atoms with van der Waals surface area (Å²) in [6, 6.07) is 7.16. The molecule has 1 aromatic rings. The Hall–Kier alpha value is -1.11. The fourth-order valence-electron chi connectivity index (χ4n) is 1.10. The molecule has 0 aliphatic rings. The molecule has 1 aromatic carbocycles. The summed E-state index contributed by atoms with van der Waals surface area (Å²) in [5.41, 5.74) is 0.801. The van der Waals surface area contributed by atoms with Crippen molar-refractivity contribution in [1.82, 2.24) is 4.72 Å². The minimum absolute atomic E-state index is 0.166. The zero-order valence-corrected chi connectivity index (χ0v) is 9.25. The summed E-state index contributed by atoms with van der Waals surface area (Å²) in [5.74, 6) is 0.714. The van der Waals surface area contributed by atoms with Crippen molar-refractivity contribution in [2.75, 3.05) is 6.61 Å². The van der Waals surface area contributed by atoms with E-state index in [0.717, 1.165) is 5.56 Å². The van der Waals surface area contributed by atoms with Crippen LogP contribution in [0.3, 0.4) is 0 Å². The predicted molar refractivity (Wildman–Crippen MR) is 57.6 cm³/mol. The van der Waals surface area contributed by atoms with Crippen molar-refractivity contribution in [3.63, 3.8) is 0 Å². The average molecular weight is 230 g/mol. The Labute approximate surface area is 89.4 Å². The fourth-order valence-corrected chi connectivity index (χ4v) is 1.46. The molecule has 0 amide bonds. The molecular formula is C9H14N2O3S.